The topological polar surface area (TPSA) is 15.3 Å². The lowest BCUT2D eigenvalue weighted by atomic mass is 9.84. The Hall–Kier alpha value is 0.270. The van der Waals surface area contributed by atoms with Crippen molar-refractivity contribution in [2.45, 2.75) is 53.1 Å². The van der Waals surface area contributed by atoms with Gasteiger partial charge < -0.3 is 5.32 Å². The Morgan fingerprint density at radius 1 is 1.39 bits per heavy atom. The first-order valence-corrected chi connectivity index (χ1v) is 8.74. The van der Waals surface area contributed by atoms with Crippen molar-refractivity contribution >= 4 is 11.8 Å². The Morgan fingerprint density at radius 3 is 2.56 bits per heavy atom. The number of hydrogen-bond donors (Lipinski definition) is 1. The lowest BCUT2D eigenvalue weighted by molar-refractivity contribution is 0.0745. The molecule has 0 aromatic rings. The molecule has 1 saturated heterocycles. The average Bonchev–Trinajstić information content (AvgIpc) is 2.28. The highest BCUT2D eigenvalue weighted by atomic mass is 32.2. The first kappa shape index (κ1) is 16.3. The second kappa shape index (κ2) is 7.16. The SMILES string of the molecule is CCC1CNC(C(C)(C)C)CN1CC(C)CSC. The maximum atomic E-state index is 3.75. The molecular weight excluding hydrogens is 240 g/mol. The van der Waals surface area contributed by atoms with E-state index < -0.39 is 0 Å². The molecule has 3 unspecified atom stereocenters. The summed E-state index contributed by atoms with van der Waals surface area (Å²) in [6.45, 7) is 15.4. The van der Waals surface area contributed by atoms with E-state index in [0.717, 1.165) is 18.5 Å². The third-order valence-electron chi connectivity index (χ3n) is 4.05. The van der Waals surface area contributed by atoms with Crippen LogP contribution in [0.5, 0.6) is 0 Å². The molecule has 3 heteroatoms. The van der Waals surface area contributed by atoms with Gasteiger partial charge in [-0.15, -0.1) is 0 Å². The number of thioether (sulfide) groups is 1. The van der Waals surface area contributed by atoms with Gasteiger partial charge in [0.15, 0.2) is 0 Å². The van der Waals surface area contributed by atoms with E-state index in [4.69, 9.17) is 0 Å². The second-order valence-corrected chi connectivity index (χ2v) is 7.81. The van der Waals surface area contributed by atoms with Gasteiger partial charge in [-0.2, -0.15) is 11.8 Å². The zero-order chi connectivity index (χ0) is 13.8. The molecule has 1 heterocycles. The van der Waals surface area contributed by atoms with E-state index in [9.17, 15) is 0 Å². The number of piperazine rings is 1. The molecule has 3 atom stereocenters. The first-order chi connectivity index (χ1) is 8.38. The summed E-state index contributed by atoms with van der Waals surface area (Å²) in [5, 5.41) is 3.75. The Kier molecular flexibility index (Phi) is 6.49. The molecule has 1 fully saturated rings. The normalized spacial score (nSPS) is 28.3. The highest BCUT2D eigenvalue weighted by Crippen LogP contribution is 2.25. The van der Waals surface area contributed by atoms with Gasteiger partial charge in [0, 0.05) is 31.7 Å². The Morgan fingerprint density at radius 2 is 2.06 bits per heavy atom. The molecule has 0 bridgehead atoms. The van der Waals surface area contributed by atoms with Gasteiger partial charge in [0.05, 0.1) is 0 Å². The van der Waals surface area contributed by atoms with Gasteiger partial charge in [0.25, 0.3) is 0 Å². The molecule has 0 radical (unpaired) electrons. The van der Waals surface area contributed by atoms with E-state index in [-0.39, 0.29) is 0 Å². The van der Waals surface area contributed by atoms with Gasteiger partial charge in [0.2, 0.25) is 0 Å². The molecule has 0 aromatic carbocycles. The minimum absolute atomic E-state index is 0.361. The van der Waals surface area contributed by atoms with Gasteiger partial charge in [-0.05, 0) is 29.8 Å². The molecular formula is C15H32N2S. The summed E-state index contributed by atoms with van der Waals surface area (Å²) in [5.74, 6) is 2.08. The van der Waals surface area contributed by atoms with E-state index >= 15 is 0 Å². The number of nitrogens with one attached hydrogen (secondary N) is 1. The van der Waals surface area contributed by atoms with Crippen LogP contribution < -0.4 is 5.32 Å². The highest BCUT2D eigenvalue weighted by Gasteiger charge is 2.33. The fourth-order valence-electron chi connectivity index (χ4n) is 2.80. The lowest BCUT2D eigenvalue weighted by Gasteiger charge is -2.45. The molecule has 1 aliphatic heterocycles. The fraction of sp³-hybridized carbons (Fsp3) is 1.00. The number of nitrogens with zero attached hydrogens (tertiary/aromatic N) is 1. The van der Waals surface area contributed by atoms with Crippen LogP contribution >= 0.6 is 11.8 Å². The van der Waals surface area contributed by atoms with Crippen LogP contribution in [0.15, 0.2) is 0 Å². The Labute approximate surface area is 118 Å². The van der Waals surface area contributed by atoms with Crippen molar-refractivity contribution in [3.8, 4) is 0 Å². The highest BCUT2D eigenvalue weighted by molar-refractivity contribution is 7.98. The Bertz CT molecular complexity index is 237. The second-order valence-electron chi connectivity index (χ2n) is 6.90. The molecule has 1 aliphatic rings. The van der Waals surface area contributed by atoms with Gasteiger partial charge in [-0.1, -0.05) is 34.6 Å². The molecule has 0 saturated carbocycles. The van der Waals surface area contributed by atoms with Crippen LogP contribution in [0.3, 0.4) is 0 Å². The number of hydrogen-bond acceptors (Lipinski definition) is 3. The van der Waals surface area contributed by atoms with Crippen LogP contribution in [-0.4, -0.2) is 48.6 Å². The maximum absolute atomic E-state index is 3.75. The Balaban J connectivity index is 2.59. The van der Waals surface area contributed by atoms with Crippen molar-refractivity contribution in [3.05, 3.63) is 0 Å². The van der Waals surface area contributed by atoms with Gasteiger partial charge in [-0.25, -0.2) is 0 Å². The van der Waals surface area contributed by atoms with Crippen LogP contribution in [0.2, 0.25) is 0 Å². The van der Waals surface area contributed by atoms with Gasteiger partial charge in [0.1, 0.15) is 0 Å². The largest absolute Gasteiger partial charge is 0.311 e. The zero-order valence-corrected chi connectivity index (χ0v) is 13.9. The summed E-state index contributed by atoms with van der Waals surface area (Å²) in [6, 6.07) is 1.36. The molecule has 1 rings (SSSR count). The summed E-state index contributed by atoms with van der Waals surface area (Å²) in [7, 11) is 0. The lowest BCUT2D eigenvalue weighted by Crippen LogP contribution is -2.60. The minimum atomic E-state index is 0.361. The monoisotopic (exact) mass is 272 g/mol. The van der Waals surface area contributed by atoms with Crippen molar-refractivity contribution in [1.29, 1.82) is 0 Å². The van der Waals surface area contributed by atoms with E-state index in [1.54, 1.807) is 0 Å². The standard InChI is InChI=1S/C15H32N2S/c1-7-13-8-16-14(15(3,4)5)10-17(13)9-12(2)11-18-6/h12-14,16H,7-11H2,1-6H3. The summed E-state index contributed by atoms with van der Waals surface area (Å²) < 4.78 is 0. The molecule has 108 valence electrons. The molecule has 0 amide bonds. The van der Waals surface area contributed by atoms with Crippen LogP contribution in [0.25, 0.3) is 0 Å². The van der Waals surface area contributed by atoms with E-state index in [2.05, 4.69) is 51.1 Å². The van der Waals surface area contributed by atoms with Crippen LogP contribution in [-0.2, 0) is 0 Å². The zero-order valence-electron chi connectivity index (χ0n) is 13.1. The smallest absolute Gasteiger partial charge is 0.0244 e. The van der Waals surface area contributed by atoms with Crippen molar-refractivity contribution in [3.63, 3.8) is 0 Å². The third kappa shape index (κ3) is 4.75. The van der Waals surface area contributed by atoms with Crippen LogP contribution in [0.4, 0.5) is 0 Å². The van der Waals surface area contributed by atoms with Crippen LogP contribution in [0, 0.1) is 11.3 Å². The van der Waals surface area contributed by atoms with Crippen LogP contribution in [0.1, 0.15) is 41.0 Å². The van der Waals surface area contributed by atoms with Crippen molar-refractivity contribution in [2.24, 2.45) is 11.3 Å². The fourth-order valence-corrected chi connectivity index (χ4v) is 3.47. The quantitative estimate of drug-likeness (QED) is 0.828. The minimum Gasteiger partial charge on any atom is -0.311 e. The first-order valence-electron chi connectivity index (χ1n) is 7.34. The predicted molar refractivity (Wildman–Crippen MR) is 84.4 cm³/mol. The average molecular weight is 273 g/mol. The van der Waals surface area contributed by atoms with Crippen molar-refractivity contribution < 1.29 is 0 Å². The molecule has 1 N–H and O–H groups in total. The molecule has 0 spiro atoms. The molecule has 2 nitrogen and oxygen atoms in total. The van der Waals surface area contributed by atoms with E-state index in [1.165, 1.54) is 25.3 Å². The maximum Gasteiger partial charge on any atom is 0.0244 e. The van der Waals surface area contributed by atoms with Gasteiger partial charge in [-0.3, -0.25) is 4.90 Å². The predicted octanol–water partition coefficient (Wildman–Crippen LogP) is 3.08. The van der Waals surface area contributed by atoms with Crippen molar-refractivity contribution in [2.75, 3.05) is 31.6 Å². The summed E-state index contributed by atoms with van der Waals surface area (Å²) in [6.07, 6.45) is 3.47. The molecule has 18 heavy (non-hydrogen) atoms. The molecule has 0 aliphatic carbocycles. The van der Waals surface area contributed by atoms with Crippen molar-refractivity contribution in [1.82, 2.24) is 10.2 Å². The third-order valence-corrected chi connectivity index (χ3v) is 4.95. The van der Waals surface area contributed by atoms with E-state index in [1.807, 2.05) is 11.8 Å². The summed E-state index contributed by atoms with van der Waals surface area (Å²) >= 11 is 1.97. The summed E-state index contributed by atoms with van der Waals surface area (Å²) in [5.41, 5.74) is 0.361. The van der Waals surface area contributed by atoms with Gasteiger partial charge >= 0.3 is 0 Å². The van der Waals surface area contributed by atoms with E-state index in [0.29, 0.717) is 11.5 Å². The molecule has 0 aromatic heterocycles. The number of rotatable bonds is 5. The summed E-state index contributed by atoms with van der Waals surface area (Å²) in [4.78, 5) is 2.73.